The van der Waals surface area contributed by atoms with Gasteiger partial charge in [-0.3, -0.25) is 0 Å². The molecule has 0 aliphatic carbocycles. The largest absolute Gasteiger partial charge is 0.379 e. The summed E-state index contributed by atoms with van der Waals surface area (Å²) in [6, 6.07) is 6.79. The van der Waals surface area contributed by atoms with E-state index in [4.69, 9.17) is 9.72 Å². The van der Waals surface area contributed by atoms with Crippen molar-refractivity contribution >= 4 is 22.7 Å². The molecule has 1 aromatic carbocycles. The SMILES string of the molecule is CN1CCc2ccc(Nc3ncc4cnn([C@H]5CCOC5)c4n3)cc2C1. The summed E-state index contributed by atoms with van der Waals surface area (Å²) in [5.74, 6) is 0.599. The fraction of sp³-hybridized carbons (Fsp3) is 0.421. The third kappa shape index (κ3) is 2.83. The van der Waals surface area contributed by atoms with Crippen molar-refractivity contribution in [1.82, 2.24) is 24.6 Å². The Hall–Kier alpha value is -2.51. The van der Waals surface area contributed by atoms with Crippen molar-refractivity contribution in [1.29, 1.82) is 0 Å². The minimum Gasteiger partial charge on any atom is -0.379 e. The average molecular weight is 350 g/mol. The summed E-state index contributed by atoms with van der Waals surface area (Å²) in [5, 5.41) is 8.80. The lowest BCUT2D eigenvalue weighted by atomic mass is 9.99. The zero-order valence-corrected chi connectivity index (χ0v) is 14.9. The first-order valence-corrected chi connectivity index (χ1v) is 9.12. The Morgan fingerprint density at radius 2 is 2.19 bits per heavy atom. The maximum atomic E-state index is 5.49. The second kappa shape index (κ2) is 6.34. The number of anilines is 2. The minimum absolute atomic E-state index is 0.259. The smallest absolute Gasteiger partial charge is 0.229 e. The number of aromatic nitrogens is 4. The van der Waals surface area contributed by atoms with E-state index in [2.05, 4.69) is 45.5 Å². The first kappa shape index (κ1) is 15.7. The van der Waals surface area contributed by atoms with Gasteiger partial charge >= 0.3 is 0 Å². The lowest BCUT2D eigenvalue weighted by molar-refractivity contribution is 0.185. The van der Waals surface area contributed by atoms with Crippen molar-refractivity contribution in [3.8, 4) is 0 Å². The highest BCUT2D eigenvalue weighted by molar-refractivity contribution is 5.75. The van der Waals surface area contributed by atoms with Gasteiger partial charge in [-0.25, -0.2) is 9.67 Å². The molecule has 0 spiro atoms. The fourth-order valence-electron chi connectivity index (χ4n) is 3.78. The molecule has 4 heterocycles. The van der Waals surface area contributed by atoms with Crippen LogP contribution in [0.25, 0.3) is 11.0 Å². The summed E-state index contributed by atoms with van der Waals surface area (Å²) in [6.07, 6.45) is 5.74. The predicted molar refractivity (Wildman–Crippen MR) is 99.6 cm³/mol. The molecule has 1 atom stereocenters. The molecule has 7 nitrogen and oxygen atoms in total. The van der Waals surface area contributed by atoms with Gasteiger partial charge in [-0.2, -0.15) is 10.1 Å². The number of hydrogen-bond acceptors (Lipinski definition) is 6. The number of nitrogens with one attached hydrogen (secondary N) is 1. The zero-order chi connectivity index (χ0) is 17.5. The third-order valence-electron chi connectivity index (χ3n) is 5.25. The Morgan fingerprint density at radius 3 is 3.08 bits per heavy atom. The molecule has 5 rings (SSSR count). The first-order valence-electron chi connectivity index (χ1n) is 9.12. The van der Waals surface area contributed by atoms with Crippen LogP contribution in [0.2, 0.25) is 0 Å². The van der Waals surface area contributed by atoms with Crippen molar-refractivity contribution in [2.45, 2.75) is 25.4 Å². The molecular formula is C19H22N6O. The summed E-state index contributed by atoms with van der Waals surface area (Å²) in [6.45, 7) is 3.58. The monoisotopic (exact) mass is 350 g/mol. The van der Waals surface area contributed by atoms with Gasteiger partial charge in [0.05, 0.1) is 24.2 Å². The topological polar surface area (TPSA) is 68.1 Å². The van der Waals surface area contributed by atoms with Gasteiger partial charge in [0.2, 0.25) is 5.95 Å². The van der Waals surface area contributed by atoms with E-state index in [1.54, 1.807) is 0 Å². The Labute approximate surface area is 152 Å². The van der Waals surface area contributed by atoms with Gasteiger partial charge < -0.3 is 15.0 Å². The molecule has 0 radical (unpaired) electrons. The van der Waals surface area contributed by atoms with E-state index in [1.807, 2.05) is 17.1 Å². The van der Waals surface area contributed by atoms with Gasteiger partial charge in [-0.1, -0.05) is 6.07 Å². The standard InChI is InChI=1S/C19H22N6O/c1-24-6-4-13-2-3-16(8-14(13)11-24)22-19-20-9-15-10-21-25(18(15)23-19)17-5-7-26-12-17/h2-3,8-10,17H,4-7,11-12H2,1H3,(H,20,22,23)/t17-/m0/s1. The molecule has 2 aliphatic rings. The van der Waals surface area contributed by atoms with Crippen LogP contribution in [0.15, 0.2) is 30.6 Å². The Morgan fingerprint density at radius 1 is 1.23 bits per heavy atom. The molecule has 1 saturated heterocycles. The second-order valence-electron chi connectivity index (χ2n) is 7.18. The summed E-state index contributed by atoms with van der Waals surface area (Å²) in [5.41, 5.74) is 4.69. The average Bonchev–Trinajstić information content (AvgIpc) is 3.30. The van der Waals surface area contributed by atoms with Crippen molar-refractivity contribution < 1.29 is 4.74 Å². The molecule has 0 amide bonds. The highest BCUT2D eigenvalue weighted by Crippen LogP contribution is 2.25. The molecule has 0 saturated carbocycles. The molecule has 26 heavy (non-hydrogen) atoms. The van der Waals surface area contributed by atoms with Crippen molar-refractivity contribution in [2.24, 2.45) is 0 Å². The third-order valence-corrected chi connectivity index (χ3v) is 5.25. The zero-order valence-electron chi connectivity index (χ0n) is 14.9. The molecule has 1 fully saturated rings. The van der Waals surface area contributed by atoms with Crippen molar-refractivity contribution in [3.63, 3.8) is 0 Å². The van der Waals surface area contributed by atoms with Crippen LogP contribution < -0.4 is 5.32 Å². The van der Waals surface area contributed by atoms with Crippen LogP contribution in [0.1, 0.15) is 23.6 Å². The van der Waals surface area contributed by atoms with Crippen molar-refractivity contribution in [2.75, 3.05) is 32.1 Å². The number of benzene rings is 1. The van der Waals surface area contributed by atoms with E-state index >= 15 is 0 Å². The van der Waals surface area contributed by atoms with E-state index < -0.39 is 0 Å². The molecule has 0 unspecified atom stereocenters. The first-order chi connectivity index (χ1) is 12.8. The van der Waals surface area contributed by atoms with Crippen LogP contribution in [0.3, 0.4) is 0 Å². The van der Waals surface area contributed by atoms with E-state index in [9.17, 15) is 0 Å². The molecule has 0 bridgehead atoms. The second-order valence-corrected chi connectivity index (χ2v) is 7.18. The van der Waals surface area contributed by atoms with Crippen LogP contribution in [-0.4, -0.2) is 51.5 Å². The number of nitrogens with zero attached hydrogens (tertiary/aromatic N) is 5. The number of ether oxygens (including phenoxy) is 1. The highest BCUT2D eigenvalue weighted by Gasteiger charge is 2.21. The summed E-state index contributed by atoms with van der Waals surface area (Å²) >= 11 is 0. The number of likely N-dealkylation sites (N-methyl/N-ethyl adjacent to an activating group) is 1. The van der Waals surface area contributed by atoms with E-state index in [0.717, 1.165) is 49.3 Å². The minimum atomic E-state index is 0.259. The maximum absolute atomic E-state index is 5.49. The number of hydrogen-bond donors (Lipinski definition) is 1. The normalized spacial score (nSPS) is 20.4. The molecule has 3 aromatic rings. The van der Waals surface area contributed by atoms with Gasteiger partial charge in [0.1, 0.15) is 0 Å². The highest BCUT2D eigenvalue weighted by atomic mass is 16.5. The van der Waals surface area contributed by atoms with Gasteiger partial charge in [-0.05, 0) is 43.1 Å². The summed E-state index contributed by atoms with van der Waals surface area (Å²) < 4.78 is 7.46. The van der Waals surface area contributed by atoms with Gasteiger partial charge in [0.15, 0.2) is 5.65 Å². The summed E-state index contributed by atoms with van der Waals surface area (Å²) in [7, 11) is 2.16. The molecule has 2 aromatic heterocycles. The Bertz CT molecular complexity index is 946. The quantitative estimate of drug-likeness (QED) is 0.783. The Balaban J connectivity index is 1.44. The predicted octanol–water partition coefficient (Wildman–Crippen LogP) is 2.52. The molecular weight excluding hydrogens is 328 g/mol. The van der Waals surface area contributed by atoms with E-state index in [0.29, 0.717) is 12.6 Å². The Kier molecular flexibility index (Phi) is 3.83. The molecule has 134 valence electrons. The maximum Gasteiger partial charge on any atom is 0.229 e. The lowest BCUT2D eigenvalue weighted by Gasteiger charge is -2.25. The van der Waals surface area contributed by atoms with E-state index in [1.165, 1.54) is 11.1 Å². The van der Waals surface area contributed by atoms with Crippen LogP contribution in [-0.2, 0) is 17.7 Å². The van der Waals surface area contributed by atoms with Crippen LogP contribution in [0.4, 0.5) is 11.6 Å². The number of rotatable bonds is 3. The van der Waals surface area contributed by atoms with Crippen LogP contribution in [0, 0.1) is 0 Å². The van der Waals surface area contributed by atoms with Gasteiger partial charge in [0, 0.05) is 31.6 Å². The summed E-state index contributed by atoms with van der Waals surface area (Å²) in [4.78, 5) is 11.5. The lowest BCUT2D eigenvalue weighted by Crippen LogP contribution is -2.26. The van der Waals surface area contributed by atoms with Crippen LogP contribution >= 0.6 is 0 Å². The van der Waals surface area contributed by atoms with E-state index in [-0.39, 0.29) is 6.04 Å². The number of fused-ring (bicyclic) bond motifs is 2. The fourth-order valence-corrected chi connectivity index (χ4v) is 3.78. The molecule has 1 N–H and O–H groups in total. The molecule has 7 heteroatoms. The molecule has 2 aliphatic heterocycles. The van der Waals surface area contributed by atoms with Crippen molar-refractivity contribution in [3.05, 3.63) is 41.7 Å². The van der Waals surface area contributed by atoms with Crippen LogP contribution in [0.5, 0.6) is 0 Å². The van der Waals surface area contributed by atoms with Gasteiger partial charge in [-0.15, -0.1) is 0 Å². The van der Waals surface area contributed by atoms with Gasteiger partial charge in [0.25, 0.3) is 0 Å².